The number of ether oxygens (including phenoxy) is 2. The topological polar surface area (TPSA) is 122 Å². The summed E-state index contributed by atoms with van der Waals surface area (Å²) in [6, 6.07) is 18.4. The number of aromatic nitrogens is 2. The summed E-state index contributed by atoms with van der Waals surface area (Å²) in [5.74, 6) is -0.469. The van der Waals surface area contributed by atoms with Gasteiger partial charge in [0.15, 0.2) is 17.2 Å². The Hall–Kier alpha value is -4.37. The van der Waals surface area contributed by atoms with Crippen molar-refractivity contribution in [2.75, 3.05) is 7.11 Å². The summed E-state index contributed by atoms with van der Waals surface area (Å²) in [6.45, 7) is 0.287. The number of H-pyrrole nitrogens is 1. The number of carbonyl (C=O) groups is 2. The Morgan fingerprint density at radius 3 is 2.38 bits per heavy atom. The molecule has 34 heavy (non-hydrogen) atoms. The third-order valence-electron chi connectivity index (χ3n) is 4.93. The molecule has 2 amide bonds. The van der Waals surface area contributed by atoms with Crippen LogP contribution in [0.4, 0.5) is 0 Å². The molecule has 0 aliphatic carbocycles. The summed E-state index contributed by atoms with van der Waals surface area (Å²) in [4.78, 5) is 37.0. The molecule has 0 saturated heterocycles. The van der Waals surface area contributed by atoms with Crippen molar-refractivity contribution in [1.82, 2.24) is 21.0 Å². The number of hydrogen-bond acceptors (Lipinski definition) is 6. The minimum absolute atomic E-state index is 0.0287. The van der Waals surface area contributed by atoms with E-state index in [-0.39, 0.29) is 17.9 Å². The van der Waals surface area contributed by atoms with Gasteiger partial charge in [0.1, 0.15) is 6.61 Å². The average molecular weight is 479 g/mol. The summed E-state index contributed by atoms with van der Waals surface area (Å²) in [5.41, 5.74) is 5.34. The van der Waals surface area contributed by atoms with Gasteiger partial charge in [-0.1, -0.05) is 41.9 Å². The first-order chi connectivity index (χ1) is 16.5. The van der Waals surface area contributed by atoms with Crippen LogP contribution in [0, 0.1) is 0 Å². The van der Waals surface area contributed by atoms with Crippen LogP contribution >= 0.6 is 11.6 Å². The summed E-state index contributed by atoms with van der Waals surface area (Å²) in [6.07, 6.45) is 0. The Kier molecular flexibility index (Phi) is 6.74. The van der Waals surface area contributed by atoms with Gasteiger partial charge in [-0.3, -0.25) is 25.2 Å². The minimum atomic E-state index is -0.685. The van der Waals surface area contributed by atoms with Crippen LogP contribution in [0.15, 0.2) is 71.5 Å². The Balaban J connectivity index is 1.43. The molecule has 1 aromatic heterocycles. The fraction of sp³-hybridized carbons (Fsp3) is 0.0833. The van der Waals surface area contributed by atoms with E-state index in [1.54, 1.807) is 42.5 Å². The molecule has 3 aromatic carbocycles. The predicted octanol–water partition coefficient (Wildman–Crippen LogP) is 3.24. The van der Waals surface area contributed by atoms with Crippen molar-refractivity contribution in [3.05, 3.63) is 98.9 Å². The molecular formula is C24H19ClN4O5. The lowest BCUT2D eigenvalue weighted by molar-refractivity contribution is 0.0844. The van der Waals surface area contributed by atoms with Gasteiger partial charge >= 0.3 is 0 Å². The average Bonchev–Trinajstić information content (AvgIpc) is 2.87. The second kappa shape index (κ2) is 10.1. The molecule has 1 heterocycles. The number of methoxy groups -OCH3 is 1. The van der Waals surface area contributed by atoms with E-state index >= 15 is 0 Å². The number of fused-ring (bicyclic) bond motifs is 1. The first-order valence-corrected chi connectivity index (χ1v) is 10.5. The summed E-state index contributed by atoms with van der Waals surface area (Å²) in [7, 11) is 1.46. The minimum Gasteiger partial charge on any atom is -0.493 e. The molecule has 3 N–H and O–H groups in total. The molecule has 4 rings (SSSR count). The molecule has 0 radical (unpaired) electrons. The van der Waals surface area contributed by atoms with Crippen molar-refractivity contribution >= 4 is 34.2 Å². The van der Waals surface area contributed by atoms with Gasteiger partial charge in [0, 0.05) is 16.0 Å². The standard InChI is InChI=1S/C24H19ClN4O5/c1-33-20-12-15(8-11-19(20)34-13-14-6-9-16(25)10-7-14)22(30)27-29-24(32)21-17-4-2-3-5-18(17)23(31)28-26-21/h2-12H,13H2,1H3,(H,27,30)(H,28,31)(H,29,32). The zero-order chi connectivity index (χ0) is 24.1. The van der Waals surface area contributed by atoms with Gasteiger partial charge in [-0.15, -0.1) is 0 Å². The van der Waals surface area contributed by atoms with E-state index < -0.39 is 17.4 Å². The summed E-state index contributed by atoms with van der Waals surface area (Å²) in [5, 5.41) is 7.38. The molecule has 0 aliphatic rings. The van der Waals surface area contributed by atoms with E-state index in [0.29, 0.717) is 27.3 Å². The highest BCUT2D eigenvalue weighted by Crippen LogP contribution is 2.29. The SMILES string of the molecule is COc1cc(C(=O)NNC(=O)c2n[nH]c(=O)c3ccccc23)ccc1OCc1ccc(Cl)cc1. The molecule has 9 nitrogen and oxygen atoms in total. The zero-order valence-electron chi connectivity index (χ0n) is 17.9. The number of aromatic amines is 1. The molecule has 0 spiro atoms. The molecule has 0 atom stereocenters. The molecule has 0 saturated carbocycles. The van der Waals surface area contributed by atoms with Crippen LogP contribution in [0.2, 0.25) is 5.02 Å². The van der Waals surface area contributed by atoms with Crippen molar-refractivity contribution in [1.29, 1.82) is 0 Å². The Morgan fingerprint density at radius 1 is 0.941 bits per heavy atom. The smallest absolute Gasteiger partial charge is 0.290 e. The summed E-state index contributed by atoms with van der Waals surface area (Å²) >= 11 is 5.89. The van der Waals surface area contributed by atoms with Crippen LogP contribution in [-0.4, -0.2) is 29.1 Å². The van der Waals surface area contributed by atoms with Crippen molar-refractivity contribution in [2.24, 2.45) is 0 Å². The van der Waals surface area contributed by atoms with Gasteiger partial charge in [-0.05, 0) is 42.0 Å². The van der Waals surface area contributed by atoms with Crippen LogP contribution in [0.3, 0.4) is 0 Å². The third-order valence-corrected chi connectivity index (χ3v) is 5.19. The number of carbonyl (C=O) groups excluding carboxylic acids is 2. The zero-order valence-corrected chi connectivity index (χ0v) is 18.7. The molecule has 172 valence electrons. The maximum Gasteiger partial charge on any atom is 0.290 e. The molecule has 0 aliphatic heterocycles. The van der Waals surface area contributed by atoms with Gasteiger partial charge in [-0.2, -0.15) is 5.10 Å². The van der Waals surface area contributed by atoms with E-state index in [2.05, 4.69) is 21.0 Å². The van der Waals surface area contributed by atoms with Crippen LogP contribution in [0.1, 0.15) is 26.4 Å². The highest BCUT2D eigenvalue weighted by atomic mass is 35.5. The lowest BCUT2D eigenvalue weighted by atomic mass is 10.1. The molecule has 0 bridgehead atoms. The van der Waals surface area contributed by atoms with E-state index in [1.165, 1.54) is 19.2 Å². The van der Waals surface area contributed by atoms with E-state index in [4.69, 9.17) is 21.1 Å². The van der Waals surface area contributed by atoms with Crippen LogP contribution in [-0.2, 0) is 6.61 Å². The van der Waals surface area contributed by atoms with E-state index in [1.807, 2.05) is 12.1 Å². The highest BCUT2D eigenvalue weighted by Gasteiger charge is 2.16. The maximum atomic E-state index is 12.6. The molecule has 0 fully saturated rings. The fourth-order valence-electron chi connectivity index (χ4n) is 3.20. The molecular weight excluding hydrogens is 460 g/mol. The lowest BCUT2D eigenvalue weighted by Gasteiger charge is -2.13. The number of amides is 2. The number of nitrogens with zero attached hydrogens (tertiary/aromatic N) is 1. The van der Waals surface area contributed by atoms with Gasteiger partial charge in [0.2, 0.25) is 0 Å². The van der Waals surface area contributed by atoms with E-state index in [9.17, 15) is 14.4 Å². The quantitative estimate of drug-likeness (QED) is 0.366. The lowest BCUT2D eigenvalue weighted by Crippen LogP contribution is -2.42. The Morgan fingerprint density at radius 2 is 1.65 bits per heavy atom. The van der Waals surface area contributed by atoms with Crippen LogP contribution in [0.25, 0.3) is 10.8 Å². The van der Waals surface area contributed by atoms with Gasteiger partial charge < -0.3 is 9.47 Å². The number of halogens is 1. The number of benzene rings is 3. The highest BCUT2D eigenvalue weighted by molar-refractivity contribution is 6.30. The normalized spacial score (nSPS) is 10.5. The first kappa shape index (κ1) is 22.8. The number of rotatable bonds is 6. The van der Waals surface area contributed by atoms with Crippen molar-refractivity contribution in [2.45, 2.75) is 6.61 Å². The van der Waals surface area contributed by atoms with E-state index in [0.717, 1.165) is 5.56 Å². The second-order valence-corrected chi connectivity index (χ2v) is 7.57. The van der Waals surface area contributed by atoms with Crippen LogP contribution in [0.5, 0.6) is 11.5 Å². The Bertz CT molecular complexity index is 1420. The Labute approximate surface area is 198 Å². The third kappa shape index (κ3) is 5.00. The largest absolute Gasteiger partial charge is 0.493 e. The second-order valence-electron chi connectivity index (χ2n) is 7.14. The molecule has 0 unspecified atom stereocenters. The van der Waals surface area contributed by atoms with Gasteiger partial charge in [0.25, 0.3) is 17.4 Å². The van der Waals surface area contributed by atoms with Crippen molar-refractivity contribution in [3.63, 3.8) is 0 Å². The fourth-order valence-corrected chi connectivity index (χ4v) is 3.33. The number of hydrogen-bond donors (Lipinski definition) is 3. The maximum absolute atomic E-state index is 12.6. The van der Waals surface area contributed by atoms with Crippen molar-refractivity contribution < 1.29 is 19.1 Å². The number of hydrazine groups is 1. The number of nitrogens with one attached hydrogen (secondary N) is 3. The van der Waals surface area contributed by atoms with Gasteiger partial charge in [0.05, 0.1) is 12.5 Å². The first-order valence-electron chi connectivity index (χ1n) is 10.1. The van der Waals surface area contributed by atoms with Gasteiger partial charge in [-0.25, -0.2) is 5.10 Å². The van der Waals surface area contributed by atoms with Crippen LogP contribution < -0.4 is 25.9 Å². The molecule has 4 aromatic rings. The monoisotopic (exact) mass is 478 g/mol. The molecule has 10 heteroatoms. The predicted molar refractivity (Wildman–Crippen MR) is 126 cm³/mol. The summed E-state index contributed by atoms with van der Waals surface area (Å²) < 4.78 is 11.1. The van der Waals surface area contributed by atoms with Crippen molar-refractivity contribution in [3.8, 4) is 11.5 Å².